The number of nitrogens with zero attached hydrogens (tertiary/aromatic N) is 3. The minimum atomic E-state index is -0.286. The van der Waals surface area contributed by atoms with Gasteiger partial charge in [0.15, 0.2) is 0 Å². The van der Waals surface area contributed by atoms with Gasteiger partial charge >= 0.3 is 0 Å². The Balaban J connectivity index is 2.48. The summed E-state index contributed by atoms with van der Waals surface area (Å²) in [5.74, 6) is 0. The Kier molecular flexibility index (Phi) is 1.95. The molecule has 1 aromatic rings. The van der Waals surface area contributed by atoms with Gasteiger partial charge in [-0.15, -0.1) is 5.10 Å². The number of hydrogen-bond acceptors (Lipinski definition) is 3. The number of rotatable bonds is 1. The summed E-state index contributed by atoms with van der Waals surface area (Å²) >= 11 is 0. The molecule has 0 saturated carbocycles. The molecule has 1 aliphatic heterocycles. The molecule has 1 aromatic carbocycles. The van der Waals surface area contributed by atoms with Gasteiger partial charge in [-0.25, -0.2) is 0 Å². The van der Waals surface area contributed by atoms with E-state index in [1.165, 1.54) is 5.56 Å². The van der Waals surface area contributed by atoms with Gasteiger partial charge in [0, 0.05) is 5.56 Å². The Bertz CT molecular complexity index is 416. The van der Waals surface area contributed by atoms with Crippen LogP contribution in [0.25, 0.3) is 0 Å². The quantitative estimate of drug-likeness (QED) is 0.648. The number of hydrogen-bond donors (Lipinski definition) is 0. The lowest BCUT2D eigenvalue weighted by atomic mass is 9.91. The highest BCUT2D eigenvalue weighted by Gasteiger charge is 2.30. The van der Waals surface area contributed by atoms with E-state index in [2.05, 4.69) is 34.5 Å². The lowest BCUT2D eigenvalue weighted by Crippen LogP contribution is -2.27. The normalized spacial score (nSPS) is 18.4. The van der Waals surface area contributed by atoms with Crippen molar-refractivity contribution in [1.82, 2.24) is 0 Å². The van der Waals surface area contributed by atoms with Gasteiger partial charge in [0.1, 0.15) is 11.3 Å². The minimum Gasteiger partial charge on any atom is -0.156 e. The fraction of sp³-hybridized carbons (Fsp3) is 0.364. The molecule has 0 amide bonds. The van der Waals surface area contributed by atoms with Crippen molar-refractivity contribution in [1.29, 1.82) is 0 Å². The van der Waals surface area contributed by atoms with Gasteiger partial charge in [-0.1, -0.05) is 24.3 Å². The van der Waals surface area contributed by atoms with Crippen molar-refractivity contribution >= 4 is 5.71 Å². The Morgan fingerprint density at radius 1 is 1.14 bits per heavy atom. The summed E-state index contributed by atoms with van der Waals surface area (Å²) < 4.78 is 0. The largest absolute Gasteiger partial charge is 0.156 e. The molecule has 0 unspecified atom stereocenters. The average molecular weight is 187 g/mol. The first-order valence-electron chi connectivity index (χ1n) is 4.67. The maximum atomic E-state index is 4.09. The maximum Gasteiger partial charge on any atom is 0.122 e. The van der Waals surface area contributed by atoms with Crippen molar-refractivity contribution in [3.63, 3.8) is 0 Å². The van der Waals surface area contributed by atoms with Crippen molar-refractivity contribution in [2.45, 2.75) is 26.3 Å². The van der Waals surface area contributed by atoms with Gasteiger partial charge in [0.25, 0.3) is 0 Å². The topological polar surface area (TPSA) is 37.1 Å². The van der Waals surface area contributed by atoms with Crippen LogP contribution in [0.4, 0.5) is 0 Å². The molecule has 0 saturated heterocycles. The summed E-state index contributed by atoms with van der Waals surface area (Å²) in [6.45, 7) is 6.12. The van der Waals surface area contributed by atoms with Crippen LogP contribution in [0.3, 0.4) is 0 Å². The number of benzene rings is 1. The molecule has 3 heteroatoms. The molecule has 72 valence electrons. The summed E-state index contributed by atoms with van der Waals surface area (Å²) in [5.41, 5.74) is 3.02. The Morgan fingerprint density at radius 2 is 1.86 bits per heavy atom. The third-order valence-electron chi connectivity index (χ3n) is 2.42. The molecule has 0 atom stereocenters. The van der Waals surface area contributed by atoms with Gasteiger partial charge in [-0.3, -0.25) is 0 Å². The van der Waals surface area contributed by atoms with E-state index in [-0.39, 0.29) is 5.54 Å². The van der Waals surface area contributed by atoms with E-state index >= 15 is 0 Å². The Hall–Kier alpha value is -1.51. The summed E-state index contributed by atoms with van der Waals surface area (Å²) in [7, 11) is 0. The summed E-state index contributed by atoms with van der Waals surface area (Å²) in [6.07, 6.45) is 0. The second-order valence-corrected chi connectivity index (χ2v) is 4.01. The van der Waals surface area contributed by atoms with E-state index in [1.54, 1.807) is 0 Å². The van der Waals surface area contributed by atoms with Crippen LogP contribution in [-0.2, 0) is 0 Å². The van der Waals surface area contributed by atoms with Crippen LogP contribution >= 0.6 is 0 Å². The molecule has 2 rings (SSSR count). The Labute approximate surface area is 83.6 Å². The highest BCUT2D eigenvalue weighted by Crippen LogP contribution is 2.25. The standard InChI is InChI=1S/C11H13N3/c1-8-6-4-5-7-9(8)10-11(2,3)13-14-12-10/h4-7H,1-3H3. The molecular formula is C11H13N3. The fourth-order valence-corrected chi connectivity index (χ4v) is 1.57. The van der Waals surface area contributed by atoms with Crippen molar-refractivity contribution in [3.8, 4) is 0 Å². The predicted octanol–water partition coefficient (Wildman–Crippen LogP) is 2.94. The highest BCUT2D eigenvalue weighted by molar-refractivity contribution is 6.08. The second-order valence-electron chi connectivity index (χ2n) is 4.01. The first-order chi connectivity index (χ1) is 6.61. The third-order valence-corrected chi connectivity index (χ3v) is 2.42. The third kappa shape index (κ3) is 1.35. The van der Waals surface area contributed by atoms with E-state index in [9.17, 15) is 0 Å². The van der Waals surface area contributed by atoms with Crippen LogP contribution < -0.4 is 0 Å². The second kappa shape index (κ2) is 3.01. The number of aryl methyl sites for hydroxylation is 1. The molecule has 0 aromatic heterocycles. The monoisotopic (exact) mass is 187 g/mol. The van der Waals surface area contributed by atoms with Crippen LogP contribution in [0, 0.1) is 6.92 Å². The molecule has 0 spiro atoms. The average Bonchev–Trinajstić information content (AvgIpc) is 2.46. The molecule has 1 aliphatic rings. The highest BCUT2D eigenvalue weighted by atomic mass is 15.4. The van der Waals surface area contributed by atoms with E-state index in [4.69, 9.17) is 0 Å². The fourth-order valence-electron chi connectivity index (χ4n) is 1.57. The maximum absolute atomic E-state index is 4.09. The van der Waals surface area contributed by atoms with E-state index in [1.807, 2.05) is 26.0 Å². The smallest absolute Gasteiger partial charge is 0.122 e. The van der Waals surface area contributed by atoms with Crippen molar-refractivity contribution in [3.05, 3.63) is 35.4 Å². The molecule has 1 heterocycles. The van der Waals surface area contributed by atoms with Gasteiger partial charge in [-0.05, 0) is 31.6 Å². The first-order valence-corrected chi connectivity index (χ1v) is 4.67. The van der Waals surface area contributed by atoms with Gasteiger partial charge in [-0.2, -0.15) is 5.11 Å². The van der Waals surface area contributed by atoms with E-state index in [0.29, 0.717) is 0 Å². The van der Waals surface area contributed by atoms with Gasteiger partial charge in [0.05, 0.1) is 0 Å². The molecule has 14 heavy (non-hydrogen) atoms. The van der Waals surface area contributed by atoms with Crippen LogP contribution in [0.1, 0.15) is 25.0 Å². The molecular weight excluding hydrogens is 174 g/mol. The predicted molar refractivity (Wildman–Crippen MR) is 56.7 cm³/mol. The molecule has 0 N–H and O–H groups in total. The summed E-state index contributed by atoms with van der Waals surface area (Å²) in [4.78, 5) is 0. The minimum absolute atomic E-state index is 0.286. The SMILES string of the molecule is Cc1ccccc1C1=NN=NC1(C)C. The Morgan fingerprint density at radius 3 is 2.43 bits per heavy atom. The molecule has 0 bridgehead atoms. The first kappa shape index (κ1) is 9.06. The van der Waals surface area contributed by atoms with Crippen molar-refractivity contribution in [2.75, 3.05) is 0 Å². The zero-order chi connectivity index (χ0) is 10.2. The lowest BCUT2D eigenvalue weighted by Gasteiger charge is -2.16. The summed E-state index contributed by atoms with van der Waals surface area (Å²) in [5, 5.41) is 11.9. The van der Waals surface area contributed by atoms with Crippen LogP contribution in [0.5, 0.6) is 0 Å². The molecule has 0 aliphatic carbocycles. The molecule has 3 nitrogen and oxygen atoms in total. The zero-order valence-electron chi connectivity index (χ0n) is 8.65. The van der Waals surface area contributed by atoms with Gasteiger partial charge < -0.3 is 0 Å². The molecule has 0 fully saturated rings. The van der Waals surface area contributed by atoms with Gasteiger partial charge in [0.2, 0.25) is 0 Å². The zero-order valence-corrected chi connectivity index (χ0v) is 8.65. The van der Waals surface area contributed by atoms with Crippen LogP contribution in [0.15, 0.2) is 39.7 Å². The van der Waals surface area contributed by atoms with Crippen molar-refractivity contribution < 1.29 is 0 Å². The lowest BCUT2D eigenvalue weighted by molar-refractivity contribution is 0.682. The van der Waals surface area contributed by atoms with E-state index in [0.717, 1.165) is 11.3 Å². The summed E-state index contributed by atoms with van der Waals surface area (Å²) in [6, 6.07) is 8.17. The van der Waals surface area contributed by atoms with E-state index < -0.39 is 0 Å². The van der Waals surface area contributed by atoms with Crippen molar-refractivity contribution in [2.24, 2.45) is 15.4 Å². The van der Waals surface area contributed by atoms with Crippen LogP contribution in [0.2, 0.25) is 0 Å². The molecule has 0 radical (unpaired) electrons. The van der Waals surface area contributed by atoms with Crippen LogP contribution in [-0.4, -0.2) is 11.3 Å².